The first kappa shape index (κ1) is 48.1. The van der Waals surface area contributed by atoms with Crippen molar-refractivity contribution in [2.75, 3.05) is 5.75 Å². The van der Waals surface area contributed by atoms with E-state index < -0.39 is 28.0 Å². The second-order valence-electron chi connectivity index (χ2n) is 15.0. The van der Waals surface area contributed by atoms with E-state index in [0.717, 1.165) is 38.5 Å². The molecule has 1 amide bonds. The minimum absolute atomic E-state index is 0.275. The van der Waals surface area contributed by atoms with E-state index in [4.69, 9.17) is 0 Å². The molecule has 0 spiro atoms. The number of aliphatic hydroxyl groups excluding tert-OH is 1. The molecule has 7 heteroatoms. The largest absolute Gasteiger partial charge is 0.387 e. The highest BCUT2D eigenvalue weighted by atomic mass is 32.2. The molecule has 0 aromatic heterocycles. The number of unbranched alkanes of at least 4 members (excludes halogenated alkanes) is 31. The molecule has 0 aromatic carbocycles. The lowest BCUT2D eigenvalue weighted by atomic mass is 10.0. The molecule has 0 heterocycles. The van der Waals surface area contributed by atoms with Crippen LogP contribution in [-0.4, -0.2) is 41.9 Å². The Morgan fingerprint density at radius 3 is 1.16 bits per heavy atom. The maximum absolute atomic E-state index is 12.5. The second-order valence-corrected chi connectivity index (χ2v) is 16.5. The van der Waals surface area contributed by atoms with Crippen molar-refractivity contribution in [3.8, 4) is 0 Å². The highest BCUT2D eigenvalue weighted by Crippen LogP contribution is 2.16. The van der Waals surface area contributed by atoms with Crippen LogP contribution in [0, 0.1) is 0 Å². The van der Waals surface area contributed by atoms with Crippen molar-refractivity contribution in [1.29, 1.82) is 0 Å². The molecule has 49 heavy (non-hydrogen) atoms. The lowest BCUT2D eigenvalue weighted by molar-refractivity contribution is -0.122. The summed E-state index contributed by atoms with van der Waals surface area (Å²) in [5.41, 5.74) is 0. The van der Waals surface area contributed by atoms with Crippen LogP contribution in [-0.2, 0) is 14.9 Å². The summed E-state index contributed by atoms with van der Waals surface area (Å²) in [6, 6.07) is -1.05. The van der Waals surface area contributed by atoms with Crippen LogP contribution in [0.4, 0.5) is 0 Å². The van der Waals surface area contributed by atoms with Crippen molar-refractivity contribution in [2.45, 2.75) is 244 Å². The molecule has 0 fully saturated rings. The Morgan fingerprint density at radius 2 is 0.837 bits per heavy atom. The van der Waals surface area contributed by atoms with E-state index in [0.29, 0.717) is 6.42 Å². The summed E-state index contributed by atoms with van der Waals surface area (Å²) < 4.78 is 32.5. The molecule has 0 saturated carbocycles. The fourth-order valence-electron chi connectivity index (χ4n) is 6.75. The Labute approximate surface area is 305 Å². The van der Waals surface area contributed by atoms with Crippen molar-refractivity contribution in [1.82, 2.24) is 5.32 Å². The fraction of sp³-hybridized carbons (Fsp3) is 0.929. The molecule has 0 rings (SSSR count). The number of rotatable bonds is 39. The predicted molar refractivity (Wildman–Crippen MR) is 212 cm³/mol. The zero-order valence-corrected chi connectivity index (χ0v) is 33.4. The highest BCUT2D eigenvalue weighted by Gasteiger charge is 2.24. The van der Waals surface area contributed by atoms with Crippen LogP contribution in [0.3, 0.4) is 0 Å². The van der Waals surface area contributed by atoms with Crippen LogP contribution >= 0.6 is 0 Å². The quantitative estimate of drug-likeness (QED) is 0.0334. The van der Waals surface area contributed by atoms with E-state index in [9.17, 15) is 22.9 Å². The summed E-state index contributed by atoms with van der Waals surface area (Å²) >= 11 is 0. The van der Waals surface area contributed by atoms with Gasteiger partial charge in [0.1, 0.15) is 0 Å². The molecule has 0 radical (unpaired) electrons. The molecule has 6 nitrogen and oxygen atoms in total. The number of hydrogen-bond donors (Lipinski definition) is 3. The SMILES string of the molecule is CCCCCCCCCCCCCCCCCCCC/C=C/C(O)C(CS(=O)(=O)O)NC(=O)CCCCCCCCCCCCCCCC. The van der Waals surface area contributed by atoms with E-state index in [1.54, 1.807) is 6.08 Å². The maximum Gasteiger partial charge on any atom is 0.267 e. The topological polar surface area (TPSA) is 104 Å². The summed E-state index contributed by atoms with van der Waals surface area (Å²) in [4.78, 5) is 12.5. The average molecular weight is 714 g/mol. The Bertz CT molecular complexity index is 831. The molecule has 0 aliphatic rings. The van der Waals surface area contributed by atoms with Gasteiger partial charge in [0, 0.05) is 6.42 Å². The van der Waals surface area contributed by atoms with Gasteiger partial charge >= 0.3 is 0 Å². The van der Waals surface area contributed by atoms with E-state index in [1.165, 1.54) is 173 Å². The lowest BCUT2D eigenvalue weighted by Gasteiger charge is -2.21. The smallest absolute Gasteiger partial charge is 0.267 e. The standard InChI is InChI=1S/C42H83NO5S/c1-3-5-7-9-11-13-15-17-19-20-21-22-23-24-25-27-29-31-33-35-37-41(44)40(39-49(46,47)48)43-42(45)38-36-34-32-30-28-26-18-16-14-12-10-8-6-4-2/h35,37,40-41,44H,3-34,36,38-39H2,1-2H3,(H,43,45)(H,46,47,48)/b37-35+. The number of nitrogens with one attached hydrogen (secondary N) is 1. The van der Waals surface area contributed by atoms with Crippen LogP contribution in [0.25, 0.3) is 0 Å². The number of aliphatic hydroxyl groups is 1. The van der Waals surface area contributed by atoms with Gasteiger partial charge in [-0.15, -0.1) is 0 Å². The minimum atomic E-state index is -4.34. The lowest BCUT2D eigenvalue weighted by Crippen LogP contribution is -2.46. The summed E-state index contributed by atoms with van der Waals surface area (Å²) in [6.45, 7) is 4.53. The third-order valence-corrected chi connectivity index (χ3v) is 10.7. The molecule has 2 unspecified atom stereocenters. The molecule has 0 bridgehead atoms. The summed E-state index contributed by atoms with van der Waals surface area (Å²) in [5.74, 6) is -0.967. The average Bonchev–Trinajstić information content (AvgIpc) is 3.06. The van der Waals surface area contributed by atoms with E-state index in [-0.39, 0.29) is 5.91 Å². The van der Waals surface area contributed by atoms with Crippen molar-refractivity contribution in [2.24, 2.45) is 0 Å². The number of hydrogen-bond acceptors (Lipinski definition) is 4. The first-order chi connectivity index (χ1) is 23.8. The van der Waals surface area contributed by atoms with Gasteiger partial charge in [-0.2, -0.15) is 8.42 Å². The Hall–Kier alpha value is -0.920. The maximum atomic E-state index is 12.5. The van der Waals surface area contributed by atoms with Crippen LogP contribution in [0.5, 0.6) is 0 Å². The Kier molecular flexibility index (Phi) is 36.2. The molecule has 0 aliphatic heterocycles. The third-order valence-electron chi connectivity index (χ3n) is 9.96. The molecule has 0 aromatic rings. The molecule has 0 saturated heterocycles. The number of carbonyl (C=O) groups excluding carboxylic acids is 1. The van der Waals surface area contributed by atoms with Gasteiger partial charge < -0.3 is 10.4 Å². The van der Waals surface area contributed by atoms with E-state index in [2.05, 4.69) is 19.2 Å². The van der Waals surface area contributed by atoms with Gasteiger partial charge in [0.15, 0.2) is 0 Å². The number of carbonyl (C=O) groups is 1. The van der Waals surface area contributed by atoms with Gasteiger partial charge in [-0.25, -0.2) is 0 Å². The van der Waals surface area contributed by atoms with E-state index >= 15 is 0 Å². The zero-order valence-electron chi connectivity index (χ0n) is 32.6. The van der Waals surface area contributed by atoms with E-state index in [1.807, 2.05) is 6.08 Å². The molecule has 3 N–H and O–H groups in total. The van der Waals surface area contributed by atoms with Gasteiger partial charge in [-0.05, 0) is 19.3 Å². The molecular weight excluding hydrogens is 631 g/mol. The fourth-order valence-corrected chi connectivity index (χ4v) is 7.48. The summed E-state index contributed by atoms with van der Waals surface area (Å²) in [7, 11) is -4.34. The van der Waals surface area contributed by atoms with Crippen LogP contribution < -0.4 is 5.32 Å². The van der Waals surface area contributed by atoms with Crippen LogP contribution in [0.15, 0.2) is 12.2 Å². The minimum Gasteiger partial charge on any atom is -0.387 e. The second kappa shape index (κ2) is 36.9. The van der Waals surface area contributed by atoms with Gasteiger partial charge in [0.05, 0.1) is 17.9 Å². The first-order valence-electron chi connectivity index (χ1n) is 21.4. The number of allylic oxidation sites excluding steroid dienone is 1. The van der Waals surface area contributed by atoms with Gasteiger partial charge in [0.2, 0.25) is 5.91 Å². The monoisotopic (exact) mass is 714 g/mol. The van der Waals surface area contributed by atoms with Gasteiger partial charge in [-0.3, -0.25) is 9.35 Å². The molecule has 292 valence electrons. The predicted octanol–water partition coefficient (Wildman–Crippen LogP) is 12.6. The van der Waals surface area contributed by atoms with Crippen molar-refractivity contribution < 1.29 is 22.9 Å². The molecular formula is C42H83NO5S. The van der Waals surface area contributed by atoms with Crippen LogP contribution in [0.2, 0.25) is 0 Å². The summed E-state index contributed by atoms with van der Waals surface area (Å²) in [5, 5.41) is 13.2. The third kappa shape index (κ3) is 38.1. The van der Waals surface area contributed by atoms with Gasteiger partial charge in [-0.1, -0.05) is 219 Å². The normalized spacial score (nSPS) is 13.3. The van der Waals surface area contributed by atoms with Crippen molar-refractivity contribution >= 4 is 16.0 Å². The van der Waals surface area contributed by atoms with Crippen molar-refractivity contribution in [3.05, 3.63) is 12.2 Å². The Morgan fingerprint density at radius 1 is 0.531 bits per heavy atom. The summed E-state index contributed by atoms with van der Waals surface area (Å²) in [6.07, 6.45) is 44.8. The molecule has 0 aliphatic carbocycles. The van der Waals surface area contributed by atoms with Crippen molar-refractivity contribution in [3.63, 3.8) is 0 Å². The zero-order chi connectivity index (χ0) is 36.1. The highest BCUT2D eigenvalue weighted by molar-refractivity contribution is 7.85. The Balaban J connectivity index is 3.85. The molecule has 2 atom stereocenters. The number of amides is 1. The van der Waals surface area contributed by atoms with Gasteiger partial charge in [0.25, 0.3) is 10.1 Å². The van der Waals surface area contributed by atoms with Crippen LogP contribution in [0.1, 0.15) is 232 Å². The first-order valence-corrected chi connectivity index (χ1v) is 23.0.